The number of hydrogen-bond acceptors (Lipinski definition) is 5. The highest BCUT2D eigenvalue weighted by atomic mass is 16.5. The Bertz CT molecular complexity index is 766. The standard InChI is InChI=1S/C18H16O5/c1-21-15-8-7-11(9-17(15)22-2)14(19)10-16-12-5-3-4-6-13(12)18(20)23-16/h3-9,16H,10H2,1-2H3/t16-/m1/s1. The van der Waals surface area contributed by atoms with E-state index in [1.165, 1.54) is 14.2 Å². The average Bonchev–Trinajstić information content (AvgIpc) is 2.90. The first-order valence-corrected chi connectivity index (χ1v) is 7.19. The van der Waals surface area contributed by atoms with Crippen LogP contribution in [0.25, 0.3) is 0 Å². The first-order valence-electron chi connectivity index (χ1n) is 7.19. The van der Waals surface area contributed by atoms with Crippen molar-refractivity contribution < 1.29 is 23.8 Å². The Morgan fingerprint density at radius 2 is 1.83 bits per heavy atom. The van der Waals surface area contributed by atoms with Gasteiger partial charge in [-0.15, -0.1) is 0 Å². The van der Waals surface area contributed by atoms with E-state index in [9.17, 15) is 9.59 Å². The molecular formula is C18H16O5. The summed E-state index contributed by atoms with van der Waals surface area (Å²) in [6, 6.07) is 12.1. The molecule has 3 rings (SSSR count). The molecule has 0 unspecified atom stereocenters. The second-order valence-corrected chi connectivity index (χ2v) is 5.18. The minimum Gasteiger partial charge on any atom is -0.493 e. The Labute approximate surface area is 133 Å². The van der Waals surface area contributed by atoms with Crippen molar-refractivity contribution in [2.24, 2.45) is 0 Å². The van der Waals surface area contributed by atoms with E-state index in [0.29, 0.717) is 22.6 Å². The molecule has 0 aliphatic carbocycles. The zero-order chi connectivity index (χ0) is 16.4. The number of Topliss-reactive ketones (excluding diaryl/α,β-unsaturated/α-hetero) is 1. The van der Waals surface area contributed by atoms with Gasteiger partial charge in [0.25, 0.3) is 0 Å². The van der Waals surface area contributed by atoms with Gasteiger partial charge in [0, 0.05) is 11.1 Å². The molecule has 118 valence electrons. The van der Waals surface area contributed by atoms with Crippen molar-refractivity contribution in [3.8, 4) is 11.5 Å². The number of benzene rings is 2. The van der Waals surface area contributed by atoms with Gasteiger partial charge < -0.3 is 14.2 Å². The van der Waals surface area contributed by atoms with Crippen molar-refractivity contribution in [3.63, 3.8) is 0 Å². The Hall–Kier alpha value is -2.82. The van der Waals surface area contributed by atoms with E-state index in [1.807, 2.05) is 12.1 Å². The van der Waals surface area contributed by atoms with E-state index >= 15 is 0 Å². The van der Waals surface area contributed by atoms with Crippen LogP contribution in [-0.2, 0) is 4.74 Å². The predicted octanol–water partition coefficient (Wildman–Crippen LogP) is 3.19. The molecule has 0 fully saturated rings. The van der Waals surface area contributed by atoms with Crippen LogP contribution in [0.1, 0.15) is 38.8 Å². The topological polar surface area (TPSA) is 61.8 Å². The van der Waals surface area contributed by atoms with E-state index in [-0.39, 0.29) is 18.2 Å². The van der Waals surface area contributed by atoms with Gasteiger partial charge in [-0.3, -0.25) is 4.79 Å². The lowest BCUT2D eigenvalue weighted by Gasteiger charge is -2.12. The molecule has 1 atom stereocenters. The lowest BCUT2D eigenvalue weighted by atomic mass is 9.98. The van der Waals surface area contributed by atoms with Crippen LogP contribution in [0.3, 0.4) is 0 Å². The SMILES string of the molecule is COc1ccc(C(=O)C[C@H]2OC(=O)c3ccccc32)cc1OC. The van der Waals surface area contributed by atoms with Gasteiger partial charge in [0.15, 0.2) is 17.3 Å². The monoisotopic (exact) mass is 312 g/mol. The summed E-state index contributed by atoms with van der Waals surface area (Å²) in [6.45, 7) is 0. The highest BCUT2D eigenvalue weighted by Crippen LogP contribution is 2.34. The number of rotatable bonds is 5. The fourth-order valence-electron chi connectivity index (χ4n) is 2.67. The maximum absolute atomic E-state index is 12.5. The average molecular weight is 312 g/mol. The Morgan fingerprint density at radius 1 is 1.09 bits per heavy atom. The molecule has 0 saturated carbocycles. The van der Waals surface area contributed by atoms with Crippen molar-refractivity contribution in [3.05, 3.63) is 59.2 Å². The summed E-state index contributed by atoms with van der Waals surface area (Å²) >= 11 is 0. The van der Waals surface area contributed by atoms with Crippen LogP contribution in [0.5, 0.6) is 11.5 Å². The number of methoxy groups -OCH3 is 2. The fourth-order valence-corrected chi connectivity index (χ4v) is 2.67. The molecule has 5 heteroatoms. The molecule has 1 aliphatic rings. The molecule has 5 nitrogen and oxygen atoms in total. The summed E-state index contributed by atoms with van der Waals surface area (Å²) in [5.41, 5.74) is 1.77. The van der Waals surface area contributed by atoms with Crippen molar-refractivity contribution >= 4 is 11.8 Å². The van der Waals surface area contributed by atoms with Gasteiger partial charge in [-0.05, 0) is 24.3 Å². The third-order valence-electron chi connectivity index (χ3n) is 3.85. The van der Waals surface area contributed by atoms with Crippen LogP contribution in [0, 0.1) is 0 Å². The van der Waals surface area contributed by atoms with E-state index in [0.717, 1.165) is 5.56 Å². The lowest BCUT2D eigenvalue weighted by Crippen LogP contribution is -2.08. The van der Waals surface area contributed by atoms with Gasteiger partial charge in [-0.2, -0.15) is 0 Å². The quantitative estimate of drug-likeness (QED) is 0.627. The zero-order valence-corrected chi connectivity index (χ0v) is 12.9. The molecule has 0 bridgehead atoms. The molecule has 1 aliphatic heterocycles. The van der Waals surface area contributed by atoms with Crippen LogP contribution in [0.2, 0.25) is 0 Å². The van der Waals surface area contributed by atoms with Gasteiger partial charge in [0.05, 0.1) is 26.2 Å². The van der Waals surface area contributed by atoms with Crippen LogP contribution in [0.4, 0.5) is 0 Å². The number of hydrogen-bond donors (Lipinski definition) is 0. The minimum atomic E-state index is -0.542. The molecule has 0 spiro atoms. The molecule has 2 aromatic carbocycles. The molecule has 1 heterocycles. The summed E-state index contributed by atoms with van der Waals surface area (Å²) in [4.78, 5) is 24.3. The van der Waals surface area contributed by atoms with Crippen LogP contribution in [-0.4, -0.2) is 26.0 Å². The number of carbonyl (C=O) groups excluding carboxylic acids is 2. The third kappa shape index (κ3) is 2.77. The second-order valence-electron chi connectivity index (χ2n) is 5.18. The smallest absolute Gasteiger partial charge is 0.339 e. The molecule has 0 aromatic heterocycles. The second kappa shape index (κ2) is 6.12. The van der Waals surface area contributed by atoms with Crippen molar-refractivity contribution in [1.82, 2.24) is 0 Å². The van der Waals surface area contributed by atoms with Crippen molar-refractivity contribution in [1.29, 1.82) is 0 Å². The molecule has 2 aromatic rings. The Morgan fingerprint density at radius 3 is 2.57 bits per heavy atom. The van der Waals surface area contributed by atoms with E-state index in [4.69, 9.17) is 14.2 Å². The Kier molecular flexibility index (Phi) is 4.02. The number of esters is 1. The maximum Gasteiger partial charge on any atom is 0.339 e. The summed E-state index contributed by atoms with van der Waals surface area (Å²) in [7, 11) is 3.05. The van der Waals surface area contributed by atoms with E-state index in [2.05, 4.69) is 0 Å². The summed E-state index contributed by atoms with van der Waals surface area (Å²) < 4.78 is 15.7. The van der Waals surface area contributed by atoms with Crippen LogP contribution in [0.15, 0.2) is 42.5 Å². The van der Waals surface area contributed by atoms with Crippen LogP contribution < -0.4 is 9.47 Å². The highest BCUT2D eigenvalue weighted by Gasteiger charge is 2.32. The summed E-state index contributed by atoms with van der Waals surface area (Å²) in [6.07, 6.45) is -0.447. The lowest BCUT2D eigenvalue weighted by molar-refractivity contribution is 0.0367. The number of ketones is 1. The first kappa shape index (κ1) is 15.1. The largest absolute Gasteiger partial charge is 0.493 e. The van der Waals surface area contributed by atoms with Crippen molar-refractivity contribution in [2.45, 2.75) is 12.5 Å². The van der Waals surface area contributed by atoms with Gasteiger partial charge in [0.1, 0.15) is 6.10 Å². The maximum atomic E-state index is 12.5. The van der Waals surface area contributed by atoms with Gasteiger partial charge in [0.2, 0.25) is 0 Å². The van der Waals surface area contributed by atoms with Crippen LogP contribution >= 0.6 is 0 Å². The first-order chi connectivity index (χ1) is 11.1. The predicted molar refractivity (Wildman–Crippen MR) is 83.1 cm³/mol. The zero-order valence-electron chi connectivity index (χ0n) is 12.9. The van der Waals surface area contributed by atoms with Gasteiger partial charge >= 0.3 is 5.97 Å². The number of fused-ring (bicyclic) bond motifs is 1. The molecule has 0 N–H and O–H groups in total. The van der Waals surface area contributed by atoms with E-state index in [1.54, 1.807) is 30.3 Å². The molecular weight excluding hydrogens is 296 g/mol. The van der Waals surface area contributed by atoms with Crippen molar-refractivity contribution in [2.75, 3.05) is 14.2 Å². The fraction of sp³-hybridized carbons (Fsp3) is 0.222. The number of ether oxygens (including phenoxy) is 3. The molecule has 0 radical (unpaired) electrons. The normalized spacial score (nSPS) is 15.7. The number of cyclic esters (lactones) is 1. The molecule has 0 saturated heterocycles. The third-order valence-corrected chi connectivity index (χ3v) is 3.85. The minimum absolute atomic E-state index is 0.0955. The number of carbonyl (C=O) groups is 2. The highest BCUT2D eigenvalue weighted by molar-refractivity contribution is 5.99. The molecule has 23 heavy (non-hydrogen) atoms. The Balaban J connectivity index is 1.82. The summed E-state index contributed by atoms with van der Waals surface area (Å²) in [5, 5.41) is 0. The van der Waals surface area contributed by atoms with Gasteiger partial charge in [-0.25, -0.2) is 4.79 Å². The van der Waals surface area contributed by atoms with Gasteiger partial charge in [-0.1, -0.05) is 18.2 Å². The summed E-state index contributed by atoms with van der Waals surface area (Å²) in [5.74, 6) is 0.537. The van der Waals surface area contributed by atoms with E-state index < -0.39 is 6.10 Å². The molecule has 0 amide bonds.